The van der Waals surface area contributed by atoms with Gasteiger partial charge in [-0.2, -0.15) is 11.8 Å². The Labute approximate surface area is 89.1 Å². The van der Waals surface area contributed by atoms with Crippen LogP contribution in [0, 0.1) is 5.82 Å². The van der Waals surface area contributed by atoms with Gasteiger partial charge in [-0.15, -0.1) is 0 Å². The van der Waals surface area contributed by atoms with Gasteiger partial charge in [0.25, 0.3) is 0 Å². The Kier molecular flexibility index (Phi) is 5.45. The van der Waals surface area contributed by atoms with Crippen molar-refractivity contribution in [2.45, 2.75) is 13.3 Å². The maximum atomic E-state index is 12.8. The van der Waals surface area contributed by atoms with Crippen molar-refractivity contribution in [2.24, 2.45) is 0 Å². The summed E-state index contributed by atoms with van der Waals surface area (Å²) in [5.41, 5.74) is 0.863. The summed E-state index contributed by atoms with van der Waals surface area (Å²) in [5, 5.41) is 3.18. The Morgan fingerprint density at radius 1 is 1.36 bits per heavy atom. The van der Waals surface area contributed by atoms with Crippen LogP contribution in [0.2, 0.25) is 0 Å². The number of thioether (sulfide) groups is 1. The van der Waals surface area contributed by atoms with E-state index in [2.05, 4.69) is 12.2 Å². The van der Waals surface area contributed by atoms with Crippen LogP contribution in [0.25, 0.3) is 0 Å². The summed E-state index contributed by atoms with van der Waals surface area (Å²) in [6, 6.07) is 6.58. The van der Waals surface area contributed by atoms with Gasteiger partial charge < -0.3 is 5.32 Å². The summed E-state index contributed by atoms with van der Waals surface area (Å²) >= 11 is 1.92. The summed E-state index contributed by atoms with van der Waals surface area (Å²) in [6.45, 7) is 3.07. The van der Waals surface area contributed by atoms with Crippen LogP contribution in [0.3, 0.4) is 0 Å². The van der Waals surface area contributed by atoms with Crippen molar-refractivity contribution in [1.82, 2.24) is 0 Å². The third-order valence-corrected chi connectivity index (χ3v) is 2.94. The fourth-order valence-electron chi connectivity index (χ4n) is 1.11. The number of nitrogens with one attached hydrogen (secondary N) is 1. The van der Waals surface area contributed by atoms with Crippen LogP contribution in [0.1, 0.15) is 13.3 Å². The standard InChI is InChI=1S/C11H16FNS/c1-2-7-14-8-6-13-11-5-3-4-10(12)9-11/h3-5,9,13H,2,6-8H2,1H3. The van der Waals surface area contributed by atoms with Gasteiger partial charge in [-0.25, -0.2) is 4.39 Å². The molecule has 14 heavy (non-hydrogen) atoms. The number of benzene rings is 1. The Bertz CT molecular complexity index is 265. The predicted molar refractivity (Wildman–Crippen MR) is 62.5 cm³/mol. The van der Waals surface area contributed by atoms with E-state index >= 15 is 0 Å². The Balaban J connectivity index is 2.18. The Hall–Kier alpha value is -0.700. The summed E-state index contributed by atoms with van der Waals surface area (Å²) in [5.74, 6) is 2.09. The number of rotatable bonds is 6. The molecule has 1 aromatic carbocycles. The first kappa shape index (κ1) is 11.4. The molecule has 78 valence electrons. The molecule has 0 unspecified atom stereocenters. The van der Waals surface area contributed by atoms with Crippen molar-refractivity contribution in [3.63, 3.8) is 0 Å². The zero-order valence-corrected chi connectivity index (χ0v) is 9.24. The third kappa shape index (κ3) is 4.51. The normalized spacial score (nSPS) is 10.1. The van der Waals surface area contributed by atoms with E-state index in [1.165, 1.54) is 24.3 Å². The highest BCUT2D eigenvalue weighted by Crippen LogP contribution is 2.09. The molecule has 0 saturated heterocycles. The quantitative estimate of drug-likeness (QED) is 0.727. The molecule has 0 atom stereocenters. The van der Waals surface area contributed by atoms with E-state index in [4.69, 9.17) is 0 Å². The Morgan fingerprint density at radius 3 is 2.93 bits per heavy atom. The number of hydrogen-bond donors (Lipinski definition) is 1. The largest absolute Gasteiger partial charge is 0.384 e. The molecule has 0 aromatic heterocycles. The first-order valence-corrected chi connectivity index (χ1v) is 6.05. The van der Waals surface area contributed by atoms with E-state index in [0.29, 0.717) is 0 Å². The van der Waals surface area contributed by atoms with Gasteiger partial charge in [-0.1, -0.05) is 13.0 Å². The zero-order chi connectivity index (χ0) is 10.2. The van der Waals surface area contributed by atoms with Gasteiger partial charge in [0.05, 0.1) is 0 Å². The lowest BCUT2D eigenvalue weighted by molar-refractivity contribution is 0.628. The monoisotopic (exact) mass is 213 g/mol. The number of hydrogen-bond acceptors (Lipinski definition) is 2. The minimum atomic E-state index is -0.184. The molecule has 0 fully saturated rings. The smallest absolute Gasteiger partial charge is 0.125 e. The fourth-order valence-corrected chi connectivity index (χ4v) is 1.85. The summed E-state index contributed by atoms with van der Waals surface area (Å²) < 4.78 is 12.8. The van der Waals surface area contributed by atoms with Gasteiger partial charge >= 0.3 is 0 Å². The molecule has 1 nitrogen and oxygen atoms in total. The molecule has 1 N–H and O–H groups in total. The number of halogens is 1. The molecule has 3 heteroatoms. The second-order valence-corrected chi connectivity index (χ2v) is 4.27. The van der Waals surface area contributed by atoms with Crippen LogP contribution >= 0.6 is 11.8 Å². The molecule has 0 aliphatic carbocycles. The van der Waals surface area contributed by atoms with Gasteiger partial charge in [0.1, 0.15) is 5.82 Å². The van der Waals surface area contributed by atoms with E-state index in [0.717, 1.165) is 18.0 Å². The third-order valence-electron chi connectivity index (χ3n) is 1.75. The summed E-state index contributed by atoms with van der Waals surface area (Å²) in [7, 11) is 0. The van der Waals surface area contributed by atoms with Crippen LogP contribution in [-0.2, 0) is 0 Å². The first-order chi connectivity index (χ1) is 6.83. The lowest BCUT2D eigenvalue weighted by Gasteiger charge is -2.05. The molecule has 0 aliphatic heterocycles. The van der Waals surface area contributed by atoms with Gasteiger partial charge in [-0.3, -0.25) is 0 Å². The lowest BCUT2D eigenvalue weighted by Crippen LogP contribution is -2.04. The van der Waals surface area contributed by atoms with E-state index in [-0.39, 0.29) is 5.82 Å². The van der Waals surface area contributed by atoms with Gasteiger partial charge in [0.2, 0.25) is 0 Å². The van der Waals surface area contributed by atoms with Crippen LogP contribution in [-0.4, -0.2) is 18.1 Å². The van der Waals surface area contributed by atoms with Crippen LogP contribution in [0.5, 0.6) is 0 Å². The molecule has 0 heterocycles. The van der Waals surface area contributed by atoms with Crippen molar-refractivity contribution in [2.75, 3.05) is 23.4 Å². The van der Waals surface area contributed by atoms with Gasteiger partial charge in [0, 0.05) is 18.0 Å². The molecule has 0 bridgehead atoms. The first-order valence-electron chi connectivity index (χ1n) is 4.90. The molecule has 0 spiro atoms. The van der Waals surface area contributed by atoms with E-state index in [9.17, 15) is 4.39 Å². The molecule has 0 amide bonds. The van der Waals surface area contributed by atoms with Crippen molar-refractivity contribution < 1.29 is 4.39 Å². The van der Waals surface area contributed by atoms with Crippen molar-refractivity contribution in [1.29, 1.82) is 0 Å². The Morgan fingerprint density at radius 2 is 2.21 bits per heavy atom. The van der Waals surface area contributed by atoms with E-state index < -0.39 is 0 Å². The predicted octanol–water partition coefficient (Wildman–Crippen LogP) is 3.38. The van der Waals surface area contributed by atoms with E-state index in [1.807, 2.05) is 17.8 Å². The lowest BCUT2D eigenvalue weighted by atomic mass is 10.3. The van der Waals surface area contributed by atoms with Crippen molar-refractivity contribution in [3.8, 4) is 0 Å². The average Bonchev–Trinajstić information content (AvgIpc) is 2.18. The molecular formula is C11H16FNS. The number of anilines is 1. The van der Waals surface area contributed by atoms with Crippen LogP contribution < -0.4 is 5.32 Å². The molecule has 0 saturated carbocycles. The zero-order valence-electron chi connectivity index (χ0n) is 8.42. The molecule has 1 rings (SSSR count). The minimum absolute atomic E-state index is 0.184. The highest BCUT2D eigenvalue weighted by atomic mass is 32.2. The second kappa shape index (κ2) is 6.71. The van der Waals surface area contributed by atoms with Crippen molar-refractivity contribution in [3.05, 3.63) is 30.1 Å². The highest BCUT2D eigenvalue weighted by Gasteiger charge is 1.93. The van der Waals surface area contributed by atoms with Gasteiger partial charge in [-0.05, 0) is 30.4 Å². The SMILES string of the molecule is CCCSCCNc1cccc(F)c1. The fraction of sp³-hybridized carbons (Fsp3) is 0.455. The summed E-state index contributed by atoms with van der Waals surface area (Å²) in [4.78, 5) is 0. The molecular weight excluding hydrogens is 197 g/mol. The molecule has 1 aromatic rings. The maximum Gasteiger partial charge on any atom is 0.125 e. The second-order valence-electron chi connectivity index (χ2n) is 3.05. The highest BCUT2D eigenvalue weighted by molar-refractivity contribution is 7.99. The average molecular weight is 213 g/mol. The van der Waals surface area contributed by atoms with Gasteiger partial charge in [0.15, 0.2) is 0 Å². The minimum Gasteiger partial charge on any atom is -0.384 e. The maximum absolute atomic E-state index is 12.8. The summed E-state index contributed by atoms with van der Waals surface area (Å²) in [6.07, 6.45) is 1.21. The molecule has 0 aliphatic rings. The topological polar surface area (TPSA) is 12.0 Å². The molecule has 0 radical (unpaired) electrons. The van der Waals surface area contributed by atoms with E-state index in [1.54, 1.807) is 6.07 Å². The van der Waals surface area contributed by atoms with Crippen LogP contribution in [0.15, 0.2) is 24.3 Å². The van der Waals surface area contributed by atoms with Crippen LogP contribution in [0.4, 0.5) is 10.1 Å². The van der Waals surface area contributed by atoms with Crippen molar-refractivity contribution >= 4 is 17.4 Å².